The molecule has 3 rings (SSSR count). The van der Waals surface area contributed by atoms with Gasteiger partial charge in [0.05, 0.1) is 30.0 Å². The molecule has 0 unspecified atom stereocenters. The number of hydrogen-bond acceptors (Lipinski definition) is 5. The van der Waals surface area contributed by atoms with Gasteiger partial charge < -0.3 is 10.6 Å². The van der Waals surface area contributed by atoms with Crippen molar-refractivity contribution in [1.82, 2.24) is 9.88 Å². The molecule has 3 aromatic rings. The summed E-state index contributed by atoms with van der Waals surface area (Å²) in [6, 6.07) is 14.2. The molecule has 0 saturated heterocycles. The number of alkyl halides is 3. The van der Waals surface area contributed by atoms with Crippen molar-refractivity contribution in [2.24, 2.45) is 0 Å². The fraction of sp³-hybridized carbons (Fsp3) is 0.190. The second-order valence-electron chi connectivity index (χ2n) is 6.72. The largest absolute Gasteiger partial charge is 0.418 e. The van der Waals surface area contributed by atoms with Crippen molar-refractivity contribution in [1.29, 1.82) is 0 Å². The molecule has 2 aromatic carbocycles. The average Bonchev–Trinajstić information content (AvgIpc) is 3.16. The Bertz CT molecular complexity index is 1050. The minimum atomic E-state index is -4.58. The zero-order valence-corrected chi connectivity index (χ0v) is 17.3. The quantitative estimate of drug-likeness (QED) is 0.564. The van der Waals surface area contributed by atoms with Crippen molar-refractivity contribution in [2.45, 2.75) is 6.18 Å². The van der Waals surface area contributed by atoms with Gasteiger partial charge in [-0.3, -0.25) is 14.5 Å². The molecule has 0 saturated carbocycles. The number of nitrogens with zero attached hydrogens (tertiary/aromatic N) is 2. The second kappa shape index (κ2) is 9.71. The van der Waals surface area contributed by atoms with E-state index in [1.54, 1.807) is 0 Å². The summed E-state index contributed by atoms with van der Waals surface area (Å²) in [5.74, 6) is -1.05. The summed E-state index contributed by atoms with van der Waals surface area (Å²) in [5.41, 5.74) is 0.403. The lowest BCUT2D eigenvalue weighted by Crippen LogP contribution is -2.36. The van der Waals surface area contributed by atoms with Gasteiger partial charge in [-0.05, 0) is 19.2 Å². The van der Waals surface area contributed by atoms with Crippen LogP contribution in [0, 0.1) is 0 Å². The number of anilines is 2. The molecule has 0 aliphatic heterocycles. The highest BCUT2D eigenvalue weighted by molar-refractivity contribution is 7.14. The third-order valence-electron chi connectivity index (χ3n) is 4.15. The molecular formula is C21H19F3N4O2S. The van der Waals surface area contributed by atoms with E-state index in [2.05, 4.69) is 15.6 Å². The Labute approximate surface area is 180 Å². The molecule has 0 aliphatic rings. The van der Waals surface area contributed by atoms with Crippen LogP contribution in [-0.2, 0) is 15.8 Å². The lowest BCUT2D eigenvalue weighted by atomic mass is 10.1. The molecular weight excluding hydrogens is 429 g/mol. The second-order valence-corrected chi connectivity index (χ2v) is 7.57. The number of para-hydroxylation sites is 1. The number of halogens is 3. The van der Waals surface area contributed by atoms with E-state index in [0.717, 1.165) is 17.3 Å². The Hall–Kier alpha value is -3.24. The Morgan fingerprint density at radius 2 is 1.58 bits per heavy atom. The zero-order valence-electron chi connectivity index (χ0n) is 16.4. The number of hydrogen-bond donors (Lipinski definition) is 2. The maximum absolute atomic E-state index is 13.0. The van der Waals surface area contributed by atoms with Crippen LogP contribution in [0.15, 0.2) is 60.0 Å². The molecule has 0 radical (unpaired) electrons. The van der Waals surface area contributed by atoms with E-state index in [0.29, 0.717) is 5.13 Å². The standard InChI is InChI=1S/C21H19F3N4O2S/c1-28(11-18(29)25-16-10-6-5-9-15(16)21(22,23)24)12-19(30)27-20-26-17(13-31-20)14-7-3-2-4-8-14/h2-10,13H,11-12H2,1H3,(H,25,29)(H,26,27,30). The van der Waals surface area contributed by atoms with E-state index in [1.165, 1.54) is 41.5 Å². The summed E-state index contributed by atoms with van der Waals surface area (Å²) in [5, 5.41) is 7.15. The summed E-state index contributed by atoms with van der Waals surface area (Å²) < 4.78 is 39.1. The van der Waals surface area contributed by atoms with Crippen LogP contribution in [0.3, 0.4) is 0 Å². The third-order valence-corrected chi connectivity index (χ3v) is 4.91. The SMILES string of the molecule is CN(CC(=O)Nc1nc(-c2ccccc2)cs1)CC(=O)Nc1ccccc1C(F)(F)F. The summed E-state index contributed by atoms with van der Waals surface area (Å²) in [4.78, 5) is 30.1. The van der Waals surface area contributed by atoms with Gasteiger partial charge in [-0.25, -0.2) is 4.98 Å². The van der Waals surface area contributed by atoms with Crippen LogP contribution < -0.4 is 10.6 Å². The van der Waals surface area contributed by atoms with Crippen LogP contribution in [0.2, 0.25) is 0 Å². The fourth-order valence-electron chi connectivity index (χ4n) is 2.81. The number of amides is 2. The number of aromatic nitrogens is 1. The first-order chi connectivity index (χ1) is 14.7. The molecule has 2 N–H and O–H groups in total. The monoisotopic (exact) mass is 448 g/mol. The first-order valence-electron chi connectivity index (χ1n) is 9.18. The van der Waals surface area contributed by atoms with Crippen LogP contribution in [0.4, 0.5) is 24.0 Å². The van der Waals surface area contributed by atoms with Crippen molar-refractivity contribution in [2.75, 3.05) is 30.8 Å². The molecule has 0 spiro atoms. The normalized spacial score (nSPS) is 11.4. The highest BCUT2D eigenvalue weighted by Gasteiger charge is 2.33. The van der Waals surface area contributed by atoms with E-state index in [1.807, 2.05) is 35.7 Å². The maximum atomic E-state index is 13.0. The van der Waals surface area contributed by atoms with Crippen molar-refractivity contribution < 1.29 is 22.8 Å². The van der Waals surface area contributed by atoms with Crippen molar-refractivity contribution >= 4 is 34.0 Å². The molecule has 6 nitrogen and oxygen atoms in total. The molecule has 0 aliphatic carbocycles. The number of rotatable bonds is 7. The van der Waals surface area contributed by atoms with Crippen LogP contribution in [0.25, 0.3) is 11.3 Å². The topological polar surface area (TPSA) is 74.3 Å². The number of likely N-dealkylation sites (N-methyl/N-ethyl adjacent to an activating group) is 1. The van der Waals surface area contributed by atoms with E-state index in [-0.39, 0.29) is 24.7 Å². The molecule has 162 valence electrons. The molecule has 2 amide bonds. The van der Waals surface area contributed by atoms with Crippen LogP contribution in [0.1, 0.15) is 5.56 Å². The van der Waals surface area contributed by atoms with Crippen molar-refractivity contribution in [3.05, 3.63) is 65.5 Å². The van der Waals surface area contributed by atoms with Gasteiger partial charge in [0, 0.05) is 10.9 Å². The van der Waals surface area contributed by atoms with Gasteiger partial charge in [0.15, 0.2) is 5.13 Å². The van der Waals surface area contributed by atoms with Crippen LogP contribution >= 0.6 is 11.3 Å². The summed E-state index contributed by atoms with van der Waals surface area (Å²) >= 11 is 1.27. The van der Waals surface area contributed by atoms with Gasteiger partial charge in [0.2, 0.25) is 11.8 Å². The predicted molar refractivity (Wildman–Crippen MR) is 114 cm³/mol. The molecule has 1 aromatic heterocycles. The van der Waals surface area contributed by atoms with Crippen molar-refractivity contribution in [3.63, 3.8) is 0 Å². The summed E-state index contributed by atoms with van der Waals surface area (Å²) in [6.07, 6.45) is -4.58. The lowest BCUT2D eigenvalue weighted by molar-refractivity contribution is -0.137. The fourth-order valence-corrected chi connectivity index (χ4v) is 3.54. The Balaban J connectivity index is 1.52. The number of thiazole rings is 1. The minimum Gasteiger partial charge on any atom is -0.324 e. The highest BCUT2D eigenvalue weighted by Crippen LogP contribution is 2.34. The number of carbonyl (C=O) groups is 2. The number of carbonyl (C=O) groups excluding carboxylic acids is 2. The van der Waals surface area contributed by atoms with E-state index < -0.39 is 17.6 Å². The maximum Gasteiger partial charge on any atom is 0.418 e. The Morgan fingerprint density at radius 3 is 2.26 bits per heavy atom. The Morgan fingerprint density at radius 1 is 0.968 bits per heavy atom. The van der Waals surface area contributed by atoms with Crippen molar-refractivity contribution in [3.8, 4) is 11.3 Å². The van der Waals surface area contributed by atoms with E-state index in [9.17, 15) is 22.8 Å². The average molecular weight is 448 g/mol. The van der Waals surface area contributed by atoms with Crippen LogP contribution in [-0.4, -0.2) is 41.8 Å². The number of benzene rings is 2. The third kappa shape index (κ3) is 6.37. The highest BCUT2D eigenvalue weighted by atomic mass is 32.1. The van der Waals surface area contributed by atoms with E-state index in [4.69, 9.17) is 0 Å². The Kier molecular flexibility index (Phi) is 7.03. The van der Waals surface area contributed by atoms with Gasteiger partial charge in [0.25, 0.3) is 0 Å². The zero-order chi connectivity index (χ0) is 22.4. The van der Waals surface area contributed by atoms with Gasteiger partial charge in [0.1, 0.15) is 0 Å². The summed E-state index contributed by atoms with van der Waals surface area (Å²) in [6.45, 7) is -0.388. The lowest BCUT2D eigenvalue weighted by Gasteiger charge is -2.17. The predicted octanol–water partition coefficient (Wildman–Crippen LogP) is 4.34. The van der Waals surface area contributed by atoms with Gasteiger partial charge in [-0.15, -0.1) is 11.3 Å². The summed E-state index contributed by atoms with van der Waals surface area (Å²) in [7, 11) is 1.52. The first-order valence-corrected chi connectivity index (χ1v) is 10.1. The molecule has 0 atom stereocenters. The van der Waals surface area contributed by atoms with Gasteiger partial charge in [-0.2, -0.15) is 13.2 Å². The van der Waals surface area contributed by atoms with Crippen LogP contribution in [0.5, 0.6) is 0 Å². The first kappa shape index (κ1) is 22.4. The van der Waals surface area contributed by atoms with Gasteiger partial charge >= 0.3 is 6.18 Å². The van der Waals surface area contributed by atoms with Gasteiger partial charge in [-0.1, -0.05) is 42.5 Å². The molecule has 0 bridgehead atoms. The molecule has 1 heterocycles. The molecule has 0 fully saturated rings. The number of nitrogens with one attached hydrogen (secondary N) is 2. The molecule has 31 heavy (non-hydrogen) atoms. The molecule has 10 heteroatoms. The smallest absolute Gasteiger partial charge is 0.324 e. The van der Waals surface area contributed by atoms with E-state index >= 15 is 0 Å². The minimum absolute atomic E-state index is 0.130.